The van der Waals surface area contributed by atoms with E-state index in [-0.39, 0.29) is 5.41 Å². The van der Waals surface area contributed by atoms with E-state index in [0.29, 0.717) is 18.4 Å². The third-order valence-electron chi connectivity index (χ3n) is 4.49. The van der Waals surface area contributed by atoms with Crippen molar-refractivity contribution in [2.24, 2.45) is 16.6 Å². The van der Waals surface area contributed by atoms with Crippen molar-refractivity contribution in [2.75, 3.05) is 26.7 Å². The summed E-state index contributed by atoms with van der Waals surface area (Å²) in [5, 5.41) is 0. The Morgan fingerprint density at radius 3 is 2.64 bits per heavy atom. The average Bonchev–Trinajstić information content (AvgIpc) is 2.52. The van der Waals surface area contributed by atoms with Crippen LogP contribution in [0.3, 0.4) is 0 Å². The number of guanidine groups is 1. The van der Waals surface area contributed by atoms with Crippen LogP contribution in [0.1, 0.15) is 39.2 Å². The van der Waals surface area contributed by atoms with Crippen molar-refractivity contribution in [3.63, 3.8) is 0 Å². The minimum atomic E-state index is -0.0434. The molecule has 0 aliphatic carbocycles. The molecule has 1 atom stereocenters. The Hall–Kier alpha value is -1.71. The van der Waals surface area contributed by atoms with Gasteiger partial charge in [-0.3, -0.25) is 4.99 Å². The number of nitrogens with zero attached hydrogens (tertiary/aromatic N) is 2. The van der Waals surface area contributed by atoms with Crippen LogP contribution in [-0.4, -0.2) is 37.6 Å². The van der Waals surface area contributed by atoms with E-state index < -0.39 is 0 Å². The summed E-state index contributed by atoms with van der Waals surface area (Å²) in [6.07, 6.45) is 2.50. The Balaban J connectivity index is 2.02. The maximum absolute atomic E-state index is 6.20. The summed E-state index contributed by atoms with van der Waals surface area (Å²) in [7, 11) is 1.69. The molecule has 2 N–H and O–H groups in total. The van der Waals surface area contributed by atoms with Crippen molar-refractivity contribution in [3.05, 3.63) is 29.8 Å². The molecule has 122 valence electrons. The van der Waals surface area contributed by atoms with Gasteiger partial charge in [0.05, 0.1) is 13.7 Å². The first kappa shape index (κ1) is 16.7. The quantitative estimate of drug-likeness (QED) is 0.687. The van der Waals surface area contributed by atoms with E-state index in [0.717, 1.165) is 18.8 Å². The summed E-state index contributed by atoms with van der Waals surface area (Å²) in [5.41, 5.74) is 7.40. The molecule has 0 radical (unpaired) electrons. The fraction of sp³-hybridized carbons (Fsp3) is 0.611. The molecule has 1 aromatic carbocycles. The summed E-state index contributed by atoms with van der Waals surface area (Å²) in [6.45, 7) is 9.42. The standard InChI is InChI=1S/C18H29N3O/c1-14-6-5-11-21(12-14)17(19)20-13-18(2,3)15-7-9-16(22-4)10-8-15/h7-10,14H,5-6,11-13H2,1-4H3,(H2,19,20). The van der Waals surface area contributed by atoms with Gasteiger partial charge in [-0.2, -0.15) is 0 Å². The number of hydrogen-bond donors (Lipinski definition) is 1. The second kappa shape index (κ2) is 7.03. The summed E-state index contributed by atoms with van der Waals surface area (Å²) >= 11 is 0. The smallest absolute Gasteiger partial charge is 0.191 e. The lowest BCUT2D eigenvalue weighted by molar-refractivity contribution is 0.270. The second-order valence-electron chi connectivity index (χ2n) is 6.98. The van der Waals surface area contributed by atoms with Crippen molar-refractivity contribution in [2.45, 2.75) is 39.0 Å². The summed E-state index contributed by atoms with van der Waals surface area (Å²) < 4.78 is 5.22. The Morgan fingerprint density at radius 2 is 2.05 bits per heavy atom. The maximum atomic E-state index is 6.20. The van der Waals surface area contributed by atoms with Gasteiger partial charge in [0.25, 0.3) is 0 Å². The first-order chi connectivity index (χ1) is 10.4. The third-order valence-corrected chi connectivity index (χ3v) is 4.49. The molecule has 4 heteroatoms. The summed E-state index contributed by atoms with van der Waals surface area (Å²) in [6, 6.07) is 8.20. The molecule has 0 aromatic heterocycles. The van der Waals surface area contributed by atoms with E-state index in [9.17, 15) is 0 Å². The monoisotopic (exact) mass is 303 g/mol. The minimum absolute atomic E-state index is 0.0434. The molecule has 0 saturated carbocycles. The van der Waals surface area contributed by atoms with Crippen LogP contribution in [0.5, 0.6) is 5.75 Å². The van der Waals surface area contributed by atoms with Gasteiger partial charge >= 0.3 is 0 Å². The van der Waals surface area contributed by atoms with Crippen LogP contribution in [0.4, 0.5) is 0 Å². The number of ether oxygens (including phenoxy) is 1. The Kier molecular flexibility index (Phi) is 5.33. The fourth-order valence-corrected chi connectivity index (χ4v) is 2.91. The van der Waals surface area contributed by atoms with Crippen molar-refractivity contribution < 1.29 is 4.74 Å². The van der Waals surface area contributed by atoms with Crippen molar-refractivity contribution in [3.8, 4) is 5.75 Å². The molecular formula is C18H29N3O. The lowest BCUT2D eigenvalue weighted by atomic mass is 9.85. The zero-order valence-electron chi connectivity index (χ0n) is 14.3. The highest BCUT2D eigenvalue weighted by atomic mass is 16.5. The molecule has 1 unspecified atom stereocenters. The van der Waals surface area contributed by atoms with Crippen LogP contribution in [-0.2, 0) is 5.41 Å². The van der Waals surface area contributed by atoms with Gasteiger partial charge in [-0.25, -0.2) is 0 Å². The molecular weight excluding hydrogens is 274 g/mol. The van der Waals surface area contributed by atoms with Crippen LogP contribution >= 0.6 is 0 Å². The molecule has 1 aromatic rings. The molecule has 2 rings (SSSR count). The number of aliphatic imine (C=N–C) groups is 1. The van der Waals surface area contributed by atoms with Crippen molar-refractivity contribution in [1.29, 1.82) is 0 Å². The van der Waals surface area contributed by atoms with Gasteiger partial charge in [-0.1, -0.05) is 32.9 Å². The van der Waals surface area contributed by atoms with E-state index in [2.05, 4.69) is 42.8 Å². The number of rotatable bonds is 4. The summed E-state index contributed by atoms with van der Waals surface area (Å²) in [5.74, 6) is 2.27. The lowest BCUT2D eigenvalue weighted by Crippen LogP contribution is -2.44. The highest BCUT2D eigenvalue weighted by Gasteiger charge is 2.22. The molecule has 0 spiro atoms. The fourth-order valence-electron chi connectivity index (χ4n) is 2.91. The highest BCUT2D eigenvalue weighted by molar-refractivity contribution is 5.78. The summed E-state index contributed by atoms with van der Waals surface area (Å²) in [4.78, 5) is 6.88. The third kappa shape index (κ3) is 4.15. The number of likely N-dealkylation sites (tertiary alicyclic amines) is 1. The Morgan fingerprint density at radius 1 is 1.36 bits per heavy atom. The second-order valence-corrected chi connectivity index (χ2v) is 6.98. The minimum Gasteiger partial charge on any atom is -0.497 e. The van der Waals surface area contributed by atoms with Gasteiger partial charge < -0.3 is 15.4 Å². The molecule has 0 amide bonds. The molecule has 4 nitrogen and oxygen atoms in total. The van der Waals surface area contributed by atoms with Crippen LogP contribution < -0.4 is 10.5 Å². The van der Waals surface area contributed by atoms with Crippen molar-refractivity contribution >= 4 is 5.96 Å². The SMILES string of the molecule is COc1ccc(C(C)(C)CN=C(N)N2CCCC(C)C2)cc1. The highest BCUT2D eigenvalue weighted by Crippen LogP contribution is 2.25. The lowest BCUT2D eigenvalue weighted by Gasteiger charge is -2.32. The van der Waals surface area contributed by atoms with E-state index in [1.807, 2.05) is 12.1 Å². The number of nitrogens with two attached hydrogens (primary N) is 1. The first-order valence-corrected chi connectivity index (χ1v) is 8.12. The van der Waals surface area contributed by atoms with Crippen LogP contribution in [0.25, 0.3) is 0 Å². The number of benzene rings is 1. The normalized spacial score (nSPS) is 20.1. The zero-order valence-corrected chi connectivity index (χ0v) is 14.3. The Bertz CT molecular complexity index is 508. The van der Waals surface area contributed by atoms with Crippen LogP contribution in [0.15, 0.2) is 29.3 Å². The van der Waals surface area contributed by atoms with Gasteiger partial charge in [0.2, 0.25) is 0 Å². The number of methoxy groups -OCH3 is 1. The van der Waals surface area contributed by atoms with E-state index >= 15 is 0 Å². The molecule has 1 aliphatic rings. The van der Waals surface area contributed by atoms with E-state index in [1.54, 1.807) is 7.11 Å². The van der Waals surface area contributed by atoms with Crippen LogP contribution in [0.2, 0.25) is 0 Å². The predicted octanol–water partition coefficient (Wildman–Crippen LogP) is 3.02. The van der Waals surface area contributed by atoms with Gasteiger partial charge in [0, 0.05) is 18.5 Å². The van der Waals surface area contributed by atoms with Crippen LogP contribution in [0, 0.1) is 5.92 Å². The molecule has 0 bridgehead atoms. The number of piperidine rings is 1. The molecule has 22 heavy (non-hydrogen) atoms. The molecule has 1 aliphatic heterocycles. The van der Waals surface area contributed by atoms with E-state index in [4.69, 9.17) is 10.5 Å². The molecule has 1 fully saturated rings. The number of hydrogen-bond acceptors (Lipinski definition) is 2. The zero-order chi connectivity index (χ0) is 16.2. The van der Waals surface area contributed by atoms with Gasteiger partial charge in [-0.15, -0.1) is 0 Å². The topological polar surface area (TPSA) is 50.9 Å². The maximum Gasteiger partial charge on any atom is 0.191 e. The largest absolute Gasteiger partial charge is 0.497 e. The van der Waals surface area contributed by atoms with Crippen molar-refractivity contribution in [1.82, 2.24) is 4.90 Å². The van der Waals surface area contributed by atoms with Gasteiger partial charge in [0.15, 0.2) is 5.96 Å². The van der Waals surface area contributed by atoms with Gasteiger partial charge in [-0.05, 0) is 36.5 Å². The predicted molar refractivity (Wildman–Crippen MR) is 92.5 cm³/mol. The molecule has 1 heterocycles. The Labute approximate surface area is 134 Å². The van der Waals surface area contributed by atoms with E-state index in [1.165, 1.54) is 18.4 Å². The molecule has 1 saturated heterocycles. The average molecular weight is 303 g/mol. The van der Waals surface area contributed by atoms with Gasteiger partial charge in [0.1, 0.15) is 5.75 Å². The first-order valence-electron chi connectivity index (χ1n) is 8.12.